The minimum atomic E-state index is -0.0817. The number of nitrogens with zero attached hydrogens (tertiary/aromatic N) is 3. The van der Waals surface area contributed by atoms with Crippen LogP contribution in [0.5, 0.6) is 0 Å². The van der Waals surface area contributed by atoms with Crippen molar-refractivity contribution in [3.8, 4) is 67.0 Å². The quantitative estimate of drug-likeness (QED) is 0.150. The van der Waals surface area contributed by atoms with Gasteiger partial charge in [0.25, 0.3) is 11.1 Å². The van der Waals surface area contributed by atoms with Gasteiger partial charge in [0, 0.05) is 38.8 Å². The molecule has 70 heavy (non-hydrogen) atoms. The lowest BCUT2D eigenvalue weighted by molar-refractivity contribution is 1.06. The summed E-state index contributed by atoms with van der Waals surface area (Å²) >= 11 is 0. The van der Waals surface area contributed by atoms with E-state index in [9.17, 15) is 4.79 Å². The summed E-state index contributed by atoms with van der Waals surface area (Å²) in [4.78, 5) is 34.4. The van der Waals surface area contributed by atoms with Crippen LogP contribution >= 0.6 is 0 Å². The van der Waals surface area contributed by atoms with Crippen molar-refractivity contribution < 1.29 is 0 Å². The number of para-hydroxylation sites is 1. The first-order chi connectivity index (χ1) is 34.6. The maximum Gasteiger partial charge on any atom is 0.263 e. The molecule has 0 bridgehead atoms. The lowest BCUT2D eigenvalue weighted by atomic mass is 9.91. The van der Waals surface area contributed by atoms with Crippen LogP contribution in [0.15, 0.2) is 258 Å². The zero-order chi connectivity index (χ0) is 46.7. The van der Waals surface area contributed by atoms with Gasteiger partial charge in [-0.2, -0.15) is 0 Å². The molecule has 5 nitrogen and oxygen atoms in total. The van der Waals surface area contributed by atoms with Gasteiger partial charge >= 0.3 is 0 Å². The van der Waals surface area contributed by atoms with Gasteiger partial charge in [0.2, 0.25) is 0 Å². The summed E-state index contributed by atoms with van der Waals surface area (Å²) in [5, 5.41) is 6.08. The van der Waals surface area contributed by atoms with Crippen molar-refractivity contribution in [2.24, 2.45) is 0 Å². The van der Waals surface area contributed by atoms with E-state index in [1.165, 1.54) is 0 Å². The van der Waals surface area contributed by atoms with Crippen LogP contribution in [0.2, 0.25) is 0 Å². The van der Waals surface area contributed by atoms with E-state index < -0.39 is 0 Å². The lowest BCUT2D eigenvalue weighted by Gasteiger charge is -2.20. The molecule has 328 valence electrons. The first-order valence-electron chi connectivity index (χ1n) is 23.5. The highest BCUT2D eigenvalue weighted by Crippen LogP contribution is 2.40. The van der Waals surface area contributed by atoms with Crippen LogP contribution in [-0.2, 0) is 0 Å². The number of rotatable bonds is 7. The molecule has 0 N–H and O–H groups in total. The van der Waals surface area contributed by atoms with Crippen molar-refractivity contribution in [2.75, 3.05) is 0 Å². The van der Waals surface area contributed by atoms with Gasteiger partial charge in [-0.25, -0.2) is 0 Å². The van der Waals surface area contributed by atoms with E-state index in [4.69, 9.17) is 4.98 Å². The molecule has 0 aliphatic rings. The summed E-state index contributed by atoms with van der Waals surface area (Å²) in [6.45, 7) is 0. The molecule has 0 saturated heterocycles. The predicted octanol–water partition coefficient (Wildman–Crippen LogP) is 15.5. The lowest BCUT2D eigenvalue weighted by Crippen LogP contribution is -2.19. The Morgan fingerprint density at radius 3 is 1.44 bits per heavy atom. The molecule has 10 aromatic carbocycles. The molecule has 0 fully saturated rings. The Morgan fingerprint density at radius 2 is 0.786 bits per heavy atom. The van der Waals surface area contributed by atoms with E-state index in [0.29, 0.717) is 10.8 Å². The largest absolute Gasteiger partial charge is 0.276 e. The first kappa shape index (κ1) is 40.8. The maximum absolute atomic E-state index is 15.2. The van der Waals surface area contributed by atoms with Crippen LogP contribution in [0, 0.1) is 0 Å². The Kier molecular flexibility index (Phi) is 9.73. The van der Waals surface area contributed by atoms with Crippen LogP contribution in [0.3, 0.4) is 0 Å². The monoisotopic (exact) mass is 895 g/mol. The number of benzene rings is 10. The number of hydrogen-bond donors (Lipinski definition) is 0. The van der Waals surface area contributed by atoms with Crippen molar-refractivity contribution >= 4 is 54.3 Å². The van der Waals surface area contributed by atoms with Crippen molar-refractivity contribution in [3.05, 3.63) is 270 Å². The van der Waals surface area contributed by atoms with Crippen molar-refractivity contribution in [1.82, 2.24) is 14.1 Å². The predicted molar refractivity (Wildman–Crippen MR) is 290 cm³/mol. The number of pyridine rings is 3. The Balaban J connectivity index is 1.01. The van der Waals surface area contributed by atoms with Gasteiger partial charge in [0.1, 0.15) is 0 Å². The van der Waals surface area contributed by atoms with Gasteiger partial charge in [0.05, 0.1) is 22.2 Å². The maximum atomic E-state index is 15.2. The molecule has 0 amide bonds. The average molecular weight is 896 g/mol. The molecule has 3 aromatic heterocycles. The number of fused-ring (bicyclic) bond motifs is 8. The highest BCUT2D eigenvalue weighted by molar-refractivity contribution is 6.19. The van der Waals surface area contributed by atoms with E-state index in [1.807, 2.05) is 106 Å². The molecule has 13 rings (SSSR count). The van der Waals surface area contributed by atoms with E-state index in [1.54, 1.807) is 6.20 Å². The fourth-order valence-corrected chi connectivity index (χ4v) is 10.5. The number of hydrogen-bond acceptors (Lipinski definition) is 3. The summed E-state index contributed by atoms with van der Waals surface area (Å²) < 4.78 is 3.74. The minimum Gasteiger partial charge on any atom is -0.276 e. The average Bonchev–Trinajstić information content (AvgIpc) is 3.43. The fraction of sp³-hybridized carbons (Fsp3) is 0. The smallest absolute Gasteiger partial charge is 0.263 e. The Bertz CT molecular complexity index is 4300. The van der Waals surface area contributed by atoms with E-state index in [0.717, 1.165) is 110 Å². The normalized spacial score (nSPS) is 11.5. The minimum absolute atomic E-state index is 0.0705. The molecular weight excluding hydrogens is 855 g/mol. The third-order valence-electron chi connectivity index (χ3n) is 13.8. The molecule has 0 aliphatic carbocycles. The standard InChI is InChI=1S/C65H41N3O2/c69-64-54-25-14-13-24-53(54)62-57(46-20-9-3-10-21-46)40-50(43-18-7-2-8-19-43)41-61(62)68(64)52-37-48(42-16-5-1-6-17-42)36-49(38-52)45-29-27-44(28-30-45)47-31-32-55-58(39-47)63-56-26-15-35-66-59(56)33-34-60(63)67(65(55)70)51-22-11-4-12-23-51/h1-41H. The summed E-state index contributed by atoms with van der Waals surface area (Å²) in [7, 11) is 0. The van der Waals surface area contributed by atoms with Gasteiger partial charge in [-0.1, -0.05) is 164 Å². The van der Waals surface area contributed by atoms with E-state index in [2.05, 4.69) is 146 Å². The molecule has 0 atom stereocenters. The highest BCUT2D eigenvalue weighted by atomic mass is 16.1. The second-order valence-corrected chi connectivity index (χ2v) is 17.8. The van der Waals surface area contributed by atoms with Crippen LogP contribution in [0.25, 0.3) is 121 Å². The van der Waals surface area contributed by atoms with E-state index >= 15 is 4.79 Å². The third kappa shape index (κ3) is 6.83. The van der Waals surface area contributed by atoms with E-state index in [-0.39, 0.29) is 11.1 Å². The molecule has 0 saturated carbocycles. The van der Waals surface area contributed by atoms with Crippen molar-refractivity contribution in [2.45, 2.75) is 0 Å². The van der Waals surface area contributed by atoms with Crippen molar-refractivity contribution in [1.29, 1.82) is 0 Å². The van der Waals surface area contributed by atoms with Crippen LogP contribution < -0.4 is 11.1 Å². The molecular formula is C65H41N3O2. The summed E-state index contributed by atoms with van der Waals surface area (Å²) in [6, 6.07) is 82.8. The summed E-state index contributed by atoms with van der Waals surface area (Å²) in [5.41, 5.74) is 14.2. The fourth-order valence-electron chi connectivity index (χ4n) is 10.5. The van der Waals surface area contributed by atoms with Crippen LogP contribution in [0.4, 0.5) is 0 Å². The number of aromatic nitrogens is 3. The van der Waals surface area contributed by atoms with Gasteiger partial charge in [-0.3, -0.25) is 23.7 Å². The third-order valence-corrected chi connectivity index (χ3v) is 13.8. The zero-order valence-electron chi connectivity index (χ0n) is 37.8. The summed E-state index contributed by atoms with van der Waals surface area (Å²) in [5.74, 6) is 0. The Morgan fingerprint density at radius 1 is 0.286 bits per heavy atom. The molecule has 0 aliphatic heterocycles. The van der Waals surface area contributed by atoms with Gasteiger partial charge < -0.3 is 0 Å². The highest BCUT2D eigenvalue weighted by Gasteiger charge is 2.20. The first-order valence-corrected chi connectivity index (χ1v) is 23.5. The van der Waals surface area contributed by atoms with Crippen LogP contribution in [-0.4, -0.2) is 14.1 Å². The zero-order valence-corrected chi connectivity index (χ0v) is 37.8. The summed E-state index contributed by atoms with van der Waals surface area (Å²) in [6.07, 6.45) is 1.81. The van der Waals surface area contributed by atoms with Crippen molar-refractivity contribution in [3.63, 3.8) is 0 Å². The molecule has 3 heterocycles. The molecule has 0 unspecified atom stereocenters. The van der Waals surface area contributed by atoms with Gasteiger partial charge in [-0.15, -0.1) is 0 Å². The topological polar surface area (TPSA) is 56.9 Å². The second kappa shape index (κ2) is 16.7. The molecule has 0 radical (unpaired) electrons. The van der Waals surface area contributed by atoms with Gasteiger partial charge in [0.15, 0.2) is 0 Å². The molecule has 13 aromatic rings. The molecule has 0 spiro atoms. The Labute approximate surface area is 403 Å². The molecule has 5 heteroatoms. The second-order valence-electron chi connectivity index (χ2n) is 17.8. The SMILES string of the molecule is O=c1c2ccccc2c2c(-c3ccccc3)cc(-c3ccccc3)cc2n1-c1cc(-c2ccccc2)cc(-c2ccc(-c3ccc4c(=O)n(-c5ccccc5)c5ccc6ncccc6c5c4c3)cc2)c1. The van der Waals surface area contributed by atoms with Gasteiger partial charge in [-0.05, 0) is 145 Å². The van der Waals surface area contributed by atoms with Crippen LogP contribution in [0.1, 0.15) is 0 Å². The Hall–Kier alpha value is -9.45.